The number of ether oxygens (including phenoxy) is 2. The number of carbonyl (C=O) groups excluding carboxylic acids is 2. The Morgan fingerprint density at radius 1 is 1.08 bits per heavy atom. The van der Waals surface area contributed by atoms with E-state index < -0.39 is 23.1 Å². The highest BCUT2D eigenvalue weighted by molar-refractivity contribution is 5.98. The van der Waals surface area contributed by atoms with Gasteiger partial charge < -0.3 is 25.2 Å². The molecule has 0 heterocycles. The number of carbonyl (C=O) groups is 3. The van der Waals surface area contributed by atoms with Crippen molar-refractivity contribution in [1.29, 1.82) is 0 Å². The predicted octanol–water partition coefficient (Wildman–Crippen LogP) is 4.94. The zero-order valence-corrected chi connectivity index (χ0v) is 23.9. The van der Waals surface area contributed by atoms with E-state index in [0.717, 1.165) is 25.3 Å². The van der Waals surface area contributed by atoms with Crippen molar-refractivity contribution in [2.75, 3.05) is 7.11 Å². The molecule has 0 saturated heterocycles. The van der Waals surface area contributed by atoms with Gasteiger partial charge in [-0.1, -0.05) is 20.8 Å². The molecule has 5 atom stereocenters. The van der Waals surface area contributed by atoms with Crippen molar-refractivity contribution in [3.05, 3.63) is 23.5 Å². The lowest BCUT2D eigenvalue weighted by molar-refractivity contribution is -0.150. The highest BCUT2D eigenvalue weighted by Gasteiger charge is 2.52. The third kappa shape index (κ3) is 6.02. The Hall–Kier alpha value is -2.84. The van der Waals surface area contributed by atoms with Gasteiger partial charge in [0.1, 0.15) is 5.75 Å². The van der Waals surface area contributed by atoms with E-state index in [1.54, 1.807) is 6.92 Å². The summed E-state index contributed by atoms with van der Waals surface area (Å²) in [6.07, 6.45) is 4.30. The lowest BCUT2D eigenvalue weighted by atomic mass is 9.75. The van der Waals surface area contributed by atoms with E-state index in [1.165, 1.54) is 13.2 Å². The van der Waals surface area contributed by atoms with Crippen molar-refractivity contribution in [3.8, 4) is 11.5 Å². The van der Waals surface area contributed by atoms with E-state index in [0.29, 0.717) is 25.7 Å². The van der Waals surface area contributed by atoms with Gasteiger partial charge in [-0.15, -0.1) is 0 Å². The van der Waals surface area contributed by atoms with Crippen LogP contribution in [0.1, 0.15) is 89.9 Å². The molecule has 8 nitrogen and oxygen atoms in total. The molecule has 0 spiro atoms. The molecule has 0 aliphatic heterocycles. The number of halogens is 1. The van der Waals surface area contributed by atoms with Crippen molar-refractivity contribution < 1.29 is 33.4 Å². The lowest BCUT2D eigenvalue weighted by Gasteiger charge is -2.34. The number of rotatable bonds is 8. The Morgan fingerprint density at radius 2 is 1.72 bits per heavy atom. The summed E-state index contributed by atoms with van der Waals surface area (Å²) in [6, 6.07) is 2.17. The first-order valence-corrected chi connectivity index (χ1v) is 14.1. The second-order valence-electron chi connectivity index (χ2n) is 13.1. The molecule has 9 heteroatoms. The Kier molecular flexibility index (Phi) is 8.20. The van der Waals surface area contributed by atoms with Crippen LogP contribution in [0.5, 0.6) is 11.5 Å². The third-order valence-corrected chi connectivity index (χ3v) is 9.52. The Morgan fingerprint density at radius 3 is 2.31 bits per heavy atom. The topological polar surface area (TPSA) is 114 Å². The van der Waals surface area contributed by atoms with E-state index in [-0.39, 0.29) is 64.3 Å². The minimum atomic E-state index is -0.837. The molecule has 1 aromatic carbocycles. The Balaban J connectivity index is 1.50. The molecule has 2 bridgehead atoms. The number of carboxylic acid groups (broad SMARTS) is 1. The van der Waals surface area contributed by atoms with Crippen LogP contribution in [-0.4, -0.2) is 48.2 Å². The molecule has 2 amide bonds. The molecule has 5 unspecified atom stereocenters. The van der Waals surface area contributed by atoms with Crippen LogP contribution >= 0.6 is 0 Å². The van der Waals surface area contributed by atoms with Gasteiger partial charge in [0.25, 0.3) is 5.91 Å². The van der Waals surface area contributed by atoms with Gasteiger partial charge >= 0.3 is 5.97 Å². The van der Waals surface area contributed by atoms with E-state index in [1.807, 2.05) is 6.92 Å². The van der Waals surface area contributed by atoms with E-state index in [4.69, 9.17) is 9.47 Å². The maximum absolute atomic E-state index is 14.9. The summed E-state index contributed by atoms with van der Waals surface area (Å²) in [5.41, 5.74) is -0.753. The van der Waals surface area contributed by atoms with Gasteiger partial charge in [0.05, 0.1) is 30.1 Å². The molecular weight excluding hydrogens is 503 g/mol. The van der Waals surface area contributed by atoms with Crippen LogP contribution in [-0.2, 0) is 9.59 Å². The lowest BCUT2D eigenvalue weighted by Crippen LogP contribution is -2.52. The first-order valence-electron chi connectivity index (χ1n) is 14.1. The standard InChI is InChI=1S/C30H43FN2O6/c1-16(29(2,3)4)32-27(35)24-17-7-8-18(13-17)25(24)33-26(34)20-14-23(21(31)15-22(20)38-6)39-19-9-11-30(5,12-10-19)28(36)37/h14-19,24-25H,7-13H2,1-6H3,(H,32,35)(H,33,34)(H,36,37). The van der Waals surface area contributed by atoms with Gasteiger partial charge in [0.2, 0.25) is 5.91 Å². The van der Waals surface area contributed by atoms with Gasteiger partial charge in [-0.2, -0.15) is 0 Å². The Labute approximate surface area is 230 Å². The number of fused-ring (bicyclic) bond motifs is 2. The molecule has 3 N–H and O–H groups in total. The maximum Gasteiger partial charge on any atom is 0.309 e. The van der Waals surface area contributed by atoms with Gasteiger partial charge in [-0.05, 0) is 82.1 Å². The van der Waals surface area contributed by atoms with Crippen LogP contribution in [0.3, 0.4) is 0 Å². The van der Waals surface area contributed by atoms with Crippen LogP contribution in [0, 0.1) is 34.4 Å². The summed E-state index contributed by atoms with van der Waals surface area (Å²) in [5.74, 6) is -1.80. The number of carboxylic acids is 1. The third-order valence-electron chi connectivity index (χ3n) is 9.52. The Bertz CT molecular complexity index is 1110. The fourth-order valence-electron chi connectivity index (χ4n) is 6.34. The van der Waals surface area contributed by atoms with Crippen molar-refractivity contribution in [2.45, 2.75) is 97.8 Å². The summed E-state index contributed by atoms with van der Waals surface area (Å²) in [4.78, 5) is 38.5. The zero-order valence-electron chi connectivity index (χ0n) is 23.9. The average molecular weight is 547 g/mol. The van der Waals surface area contributed by atoms with Crippen LogP contribution in [0.4, 0.5) is 4.39 Å². The van der Waals surface area contributed by atoms with Gasteiger partial charge in [0, 0.05) is 18.2 Å². The highest BCUT2D eigenvalue weighted by atomic mass is 19.1. The van der Waals surface area contributed by atoms with Crippen LogP contribution in [0.15, 0.2) is 12.1 Å². The maximum atomic E-state index is 14.9. The molecular formula is C30H43FN2O6. The number of nitrogens with one attached hydrogen (secondary N) is 2. The van der Waals surface area contributed by atoms with Gasteiger partial charge in [-0.3, -0.25) is 14.4 Å². The molecule has 3 fully saturated rings. The molecule has 3 aliphatic rings. The summed E-state index contributed by atoms with van der Waals surface area (Å²) in [6.45, 7) is 9.96. The van der Waals surface area contributed by atoms with Crippen LogP contribution < -0.4 is 20.1 Å². The number of hydrogen-bond donors (Lipinski definition) is 3. The average Bonchev–Trinajstić information content (AvgIpc) is 3.47. The summed E-state index contributed by atoms with van der Waals surface area (Å²) < 4.78 is 26.2. The number of aliphatic carboxylic acids is 1. The van der Waals surface area contributed by atoms with Crippen molar-refractivity contribution in [3.63, 3.8) is 0 Å². The van der Waals surface area contributed by atoms with Crippen LogP contribution in [0.25, 0.3) is 0 Å². The van der Waals surface area contributed by atoms with Crippen molar-refractivity contribution in [2.24, 2.45) is 28.6 Å². The van der Waals surface area contributed by atoms with Gasteiger partial charge in [0.15, 0.2) is 11.6 Å². The van der Waals surface area contributed by atoms with Crippen molar-refractivity contribution in [1.82, 2.24) is 10.6 Å². The molecule has 0 radical (unpaired) electrons. The fourth-order valence-corrected chi connectivity index (χ4v) is 6.34. The molecule has 3 aliphatic carbocycles. The van der Waals surface area contributed by atoms with E-state index >= 15 is 0 Å². The number of hydrogen-bond acceptors (Lipinski definition) is 5. The highest BCUT2D eigenvalue weighted by Crippen LogP contribution is 2.49. The molecule has 1 aromatic rings. The first-order chi connectivity index (χ1) is 18.2. The zero-order chi connectivity index (χ0) is 28.7. The molecule has 216 valence electrons. The smallest absolute Gasteiger partial charge is 0.309 e. The molecule has 4 rings (SSSR count). The molecule has 3 saturated carbocycles. The first kappa shape index (κ1) is 29.2. The minimum absolute atomic E-state index is 0.0227. The normalized spacial score (nSPS) is 30.9. The van der Waals surface area contributed by atoms with E-state index in [9.17, 15) is 23.9 Å². The van der Waals surface area contributed by atoms with E-state index in [2.05, 4.69) is 31.4 Å². The second kappa shape index (κ2) is 11.0. The number of amides is 2. The second-order valence-corrected chi connectivity index (χ2v) is 13.1. The number of methoxy groups -OCH3 is 1. The minimum Gasteiger partial charge on any atom is -0.496 e. The fraction of sp³-hybridized carbons (Fsp3) is 0.700. The summed E-state index contributed by atoms with van der Waals surface area (Å²) in [7, 11) is 1.38. The number of benzene rings is 1. The van der Waals surface area contributed by atoms with Crippen molar-refractivity contribution >= 4 is 17.8 Å². The predicted molar refractivity (Wildman–Crippen MR) is 144 cm³/mol. The summed E-state index contributed by atoms with van der Waals surface area (Å²) >= 11 is 0. The van der Waals surface area contributed by atoms with Crippen LogP contribution in [0.2, 0.25) is 0 Å². The summed E-state index contributed by atoms with van der Waals surface area (Å²) in [5, 5.41) is 15.7. The monoisotopic (exact) mass is 546 g/mol. The molecule has 39 heavy (non-hydrogen) atoms. The molecule has 0 aromatic heterocycles. The SMILES string of the molecule is COc1cc(F)c(OC2CCC(C)(C(=O)O)CC2)cc1C(=O)NC1C2CCC(C2)C1C(=O)NC(C)C(C)(C)C. The van der Waals surface area contributed by atoms with Gasteiger partial charge in [-0.25, -0.2) is 4.39 Å². The quantitative estimate of drug-likeness (QED) is 0.426. The largest absolute Gasteiger partial charge is 0.496 e.